The Kier molecular flexibility index (Phi) is 2.55. The van der Waals surface area contributed by atoms with E-state index in [1.165, 1.54) is 6.92 Å². The van der Waals surface area contributed by atoms with Gasteiger partial charge < -0.3 is 16.1 Å². The third-order valence-corrected chi connectivity index (χ3v) is 1.24. The molecule has 0 aliphatic heterocycles. The van der Waals surface area contributed by atoms with E-state index in [-0.39, 0.29) is 25.1 Å². The van der Waals surface area contributed by atoms with Crippen LogP contribution in [0.2, 0.25) is 4.24 Å². The molecule has 0 saturated heterocycles. The normalized spacial score (nSPS) is 16.8. The summed E-state index contributed by atoms with van der Waals surface area (Å²) in [6.45, 7) is 1.34. The Morgan fingerprint density at radius 2 is 2.67 bits per heavy atom. The first-order valence-corrected chi connectivity index (χ1v) is 3.61. The first-order valence-electron chi connectivity index (χ1n) is 5.36. The number of carbonyl (C=O) groups is 2. The minimum absolute atomic E-state index is 0.0768. The summed E-state index contributed by atoms with van der Waals surface area (Å²) in [6.07, 6.45) is 0.352. The standard InChI is InChI=1S/C7H14N2O3/c1-5(10)9-4-2-3-6(8)7(11)12/h6H,2-4,8H2,1H3,(H,9,10)(H,11,12)/i5+1,9+1/hD4. The molecule has 70 valence electrons. The second-order valence-electron chi connectivity index (χ2n) is 2.38. The summed E-state index contributed by atoms with van der Waals surface area (Å²) in [7, 11) is 0. The first kappa shape index (κ1) is 5.53. The molecule has 12 heavy (non-hydrogen) atoms. The predicted molar refractivity (Wildman–Crippen MR) is 43.5 cm³/mol. The fourth-order valence-corrected chi connectivity index (χ4v) is 0.639. The van der Waals surface area contributed by atoms with Crippen LogP contribution in [0.4, 0.5) is 0 Å². The highest BCUT2D eigenvalue weighted by Gasteiger charge is 2.09. The van der Waals surface area contributed by atoms with Crippen molar-refractivity contribution in [2.75, 3.05) is 6.54 Å². The van der Waals surface area contributed by atoms with Crippen LogP contribution < -0.4 is 11.0 Å². The summed E-state index contributed by atoms with van der Waals surface area (Å²) in [6, 6.07) is -1.17. The number of carboxylic acid groups (broad SMARTS) is 1. The van der Waals surface area contributed by atoms with Crippen molar-refractivity contribution >= 4 is 11.9 Å². The topological polar surface area (TPSA) is 92.4 Å². The number of amides is 1. The highest BCUT2D eigenvalue weighted by Crippen LogP contribution is 1.92. The highest BCUT2D eigenvalue weighted by molar-refractivity contribution is 5.73. The summed E-state index contributed by atoms with van der Waals surface area (Å²) in [5.74, 6) is -1.42. The summed E-state index contributed by atoms with van der Waals surface area (Å²) >= 11 is 0. The average molecular weight is 180 g/mol. The van der Waals surface area contributed by atoms with Crippen LogP contribution in [0.1, 0.15) is 19.8 Å². The maximum absolute atomic E-state index is 10.9. The second-order valence-corrected chi connectivity index (χ2v) is 2.38. The minimum Gasteiger partial charge on any atom is -0.480 e. The van der Waals surface area contributed by atoms with Crippen molar-refractivity contribution in [1.29, 1.82) is 1.43 Å². The lowest BCUT2D eigenvalue weighted by atomic mass is 10.2. The predicted octanol–water partition coefficient (Wildman–Crippen LogP) is -0.685. The SMILES string of the molecule is [2H]OC(=O)C(CCC[15N]([2H])[13C](C)=O)N([2H])[2H]. The van der Waals surface area contributed by atoms with Crippen LogP contribution in [0.5, 0.6) is 0 Å². The van der Waals surface area contributed by atoms with Crippen LogP contribution in [0, 0.1) is 0 Å². The van der Waals surface area contributed by atoms with Crippen molar-refractivity contribution in [2.45, 2.75) is 25.8 Å². The van der Waals surface area contributed by atoms with Crippen LogP contribution in [-0.4, -0.2) is 29.6 Å². The number of carboxylic acids is 1. The first-order chi connectivity index (χ1) is 7.40. The van der Waals surface area contributed by atoms with Crippen LogP contribution in [0.3, 0.4) is 0 Å². The van der Waals surface area contributed by atoms with Gasteiger partial charge in [0.25, 0.3) is 1.43 Å². The van der Waals surface area contributed by atoms with Gasteiger partial charge in [0.05, 0.1) is 0 Å². The minimum atomic E-state index is -1.17. The lowest BCUT2D eigenvalue weighted by Gasteiger charge is -2.05. The molecule has 0 radical (unpaired) electrons. The number of hydrogen-bond acceptors (Lipinski definition) is 4. The zero-order chi connectivity index (χ0) is 12.7. The highest BCUT2D eigenvalue weighted by atomic mass is 16.4. The van der Waals surface area contributed by atoms with Gasteiger partial charge in [0, 0.05) is 13.5 Å². The number of nitrogens with two attached hydrogens (primary N) is 1. The van der Waals surface area contributed by atoms with Crippen molar-refractivity contribution in [2.24, 2.45) is 5.72 Å². The molecule has 1 unspecified atom stereocenters. The van der Waals surface area contributed by atoms with Crippen LogP contribution in [0.25, 0.3) is 1.43 Å². The van der Waals surface area contributed by atoms with Crippen molar-refractivity contribution in [3.05, 3.63) is 0 Å². The maximum Gasteiger partial charge on any atom is 0.320 e. The molecule has 1 atom stereocenters. The molecule has 1 amide bonds. The number of nitrogens with one attached hydrogen (secondary N) is 1. The molecule has 0 aliphatic carbocycles. The van der Waals surface area contributed by atoms with E-state index in [4.69, 9.17) is 5.67 Å². The molecule has 0 aromatic rings. The molecule has 5 heteroatoms. The second kappa shape index (κ2) is 5.54. The molecule has 0 heterocycles. The summed E-state index contributed by atoms with van der Waals surface area (Å²) in [4.78, 5) is 21.6. The van der Waals surface area contributed by atoms with Gasteiger partial charge in [-0.3, -0.25) is 9.59 Å². The summed E-state index contributed by atoms with van der Waals surface area (Å²) in [5.41, 5.74) is 0.152. The number of hydrogen-bond donors (Lipinski definition) is 3. The zero-order valence-electron chi connectivity index (χ0n) is 10.8. The molecule has 0 aromatic heterocycles. The van der Waals surface area contributed by atoms with Gasteiger partial charge in [-0.05, 0) is 12.8 Å². The number of rotatable bonds is 6. The van der Waals surface area contributed by atoms with Crippen molar-refractivity contribution < 1.29 is 18.9 Å². The molecule has 0 spiro atoms. The van der Waals surface area contributed by atoms with Gasteiger partial charge in [0.1, 0.15) is 8.87 Å². The van der Waals surface area contributed by atoms with E-state index in [1.807, 2.05) is 0 Å². The van der Waals surface area contributed by atoms with E-state index in [2.05, 4.69) is 5.11 Å². The van der Waals surface area contributed by atoms with Gasteiger partial charge in [0.2, 0.25) is 5.91 Å². The van der Waals surface area contributed by atoms with Gasteiger partial charge in [-0.25, -0.2) is 0 Å². The molecule has 4 N–H and O–H groups in total. The molecule has 0 bridgehead atoms. The van der Waals surface area contributed by atoms with Gasteiger partial charge >= 0.3 is 5.97 Å². The van der Waals surface area contributed by atoms with Crippen molar-refractivity contribution in [3.63, 3.8) is 0 Å². The Hall–Kier alpha value is -1.10. The quantitative estimate of drug-likeness (QED) is 0.373. The van der Waals surface area contributed by atoms with Crippen LogP contribution >= 0.6 is 0 Å². The fraction of sp³-hybridized carbons (Fsp3) is 0.714. The summed E-state index contributed by atoms with van der Waals surface area (Å²) < 4.78 is 27.4. The molecule has 0 fully saturated rings. The summed E-state index contributed by atoms with van der Waals surface area (Å²) in [5, 5.41) is 4.40. The molecular weight excluding hydrogens is 162 g/mol. The smallest absolute Gasteiger partial charge is 0.320 e. The Morgan fingerprint density at radius 3 is 3.17 bits per heavy atom. The Morgan fingerprint density at radius 1 is 1.92 bits per heavy atom. The van der Waals surface area contributed by atoms with Crippen LogP contribution in [0.15, 0.2) is 0 Å². The van der Waals surface area contributed by atoms with Crippen LogP contribution in [-0.2, 0) is 9.59 Å². The molecule has 0 rings (SSSR count). The number of carbonyl (C=O) groups excluding carboxylic acids is 1. The zero-order valence-corrected chi connectivity index (χ0v) is 6.82. The lowest BCUT2D eigenvalue weighted by Crippen LogP contribution is -2.31. The maximum atomic E-state index is 10.9. The fourth-order valence-electron chi connectivity index (χ4n) is 0.639. The molecule has 0 aliphatic rings. The Balaban J connectivity index is 4.04. The Bertz CT molecular complexity index is 252. The molecule has 5 nitrogen and oxygen atoms in total. The van der Waals surface area contributed by atoms with E-state index >= 15 is 0 Å². The van der Waals surface area contributed by atoms with E-state index in [9.17, 15) is 9.59 Å². The average Bonchev–Trinajstić information content (AvgIpc) is 2.22. The van der Waals surface area contributed by atoms with Gasteiger partial charge in [-0.2, -0.15) is 0 Å². The van der Waals surface area contributed by atoms with Gasteiger partial charge in [-0.15, -0.1) is 0 Å². The number of aliphatic carboxylic acids is 1. The van der Waals surface area contributed by atoms with Crippen molar-refractivity contribution in [3.8, 4) is 0 Å². The molecule has 0 saturated carbocycles. The third-order valence-electron chi connectivity index (χ3n) is 1.24. The van der Waals surface area contributed by atoms with E-state index in [0.717, 1.165) is 5.31 Å². The Labute approximate surface area is 76.8 Å². The van der Waals surface area contributed by atoms with E-state index in [0.29, 0.717) is 0 Å². The molecular formula is C7H14N2O3. The van der Waals surface area contributed by atoms with E-state index < -0.39 is 17.9 Å². The molecule has 0 aromatic carbocycles. The van der Waals surface area contributed by atoms with Gasteiger partial charge in [0.15, 0.2) is 1.41 Å². The van der Waals surface area contributed by atoms with Gasteiger partial charge in [-0.1, -0.05) is 0 Å². The monoisotopic (exact) mass is 180 g/mol. The third kappa shape index (κ3) is 5.67. The van der Waals surface area contributed by atoms with E-state index in [1.54, 1.807) is 0 Å². The largest absolute Gasteiger partial charge is 0.480 e. The van der Waals surface area contributed by atoms with Crippen molar-refractivity contribution in [1.82, 2.24) is 5.31 Å². The lowest BCUT2D eigenvalue weighted by molar-refractivity contribution is -0.138.